The zero-order chi connectivity index (χ0) is 15.7. The Morgan fingerprint density at radius 2 is 2.18 bits per heavy atom. The first-order chi connectivity index (χ1) is 10.5. The lowest BCUT2D eigenvalue weighted by Crippen LogP contribution is -2.68. The highest BCUT2D eigenvalue weighted by Crippen LogP contribution is 2.52. The number of likely N-dealkylation sites (tertiary alicyclic amines) is 1. The summed E-state index contributed by atoms with van der Waals surface area (Å²) in [6.45, 7) is 8.97. The molecule has 2 aliphatic heterocycles. The Morgan fingerprint density at radius 1 is 1.36 bits per heavy atom. The van der Waals surface area contributed by atoms with Crippen molar-refractivity contribution in [3.05, 3.63) is 0 Å². The molecule has 0 spiro atoms. The van der Waals surface area contributed by atoms with Crippen molar-refractivity contribution in [3.8, 4) is 0 Å². The van der Waals surface area contributed by atoms with Crippen molar-refractivity contribution in [2.45, 2.75) is 45.3 Å². The lowest BCUT2D eigenvalue weighted by atomic mass is 9.57. The summed E-state index contributed by atoms with van der Waals surface area (Å²) in [5, 5.41) is 7.21. The van der Waals surface area contributed by atoms with Gasteiger partial charge in [0.05, 0.1) is 6.10 Å². The summed E-state index contributed by atoms with van der Waals surface area (Å²) in [6.07, 6.45) is 4.24. The van der Waals surface area contributed by atoms with Gasteiger partial charge in [-0.05, 0) is 38.8 Å². The smallest absolute Gasteiger partial charge is 0.191 e. The average Bonchev–Trinajstić information content (AvgIpc) is 2.94. The van der Waals surface area contributed by atoms with Crippen molar-refractivity contribution in [1.29, 1.82) is 0 Å². The van der Waals surface area contributed by atoms with Gasteiger partial charge in [0.2, 0.25) is 0 Å². The molecule has 0 radical (unpaired) electrons. The molecule has 4 atom stereocenters. The third-order valence-corrected chi connectivity index (χ3v) is 5.90. The molecule has 3 aliphatic rings. The molecule has 5 nitrogen and oxygen atoms in total. The van der Waals surface area contributed by atoms with Crippen molar-refractivity contribution in [1.82, 2.24) is 15.5 Å². The van der Waals surface area contributed by atoms with Gasteiger partial charge in [0.1, 0.15) is 0 Å². The Hall–Kier alpha value is -0.810. The van der Waals surface area contributed by atoms with Crippen LogP contribution in [0.3, 0.4) is 0 Å². The summed E-state index contributed by atoms with van der Waals surface area (Å²) in [7, 11) is 4.09. The lowest BCUT2D eigenvalue weighted by Gasteiger charge is -2.55. The second kappa shape index (κ2) is 6.36. The van der Waals surface area contributed by atoms with E-state index in [4.69, 9.17) is 4.74 Å². The van der Waals surface area contributed by atoms with E-state index in [0.29, 0.717) is 18.1 Å². The fourth-order valence-corrected chi connectivity index (χ4v) is 4.64. The van der Waals surface area contributed by atoms with Gasteiger partial charge >= 0.3 is 0 Å². The van der Waals surface area contributed by atoms with Gasteiger partial charge in [-0.2, -0.15) is 0 Å². The highest BCUT2D eigenvalue weighted by molar-refractivity contribution is 5.80. The normalized spacial score (nSPS) is 38.3. The van der Waals surface area contributed by atoms with Gasteiger partial charge < -0.3 is 20.3 Å². The van der Waals surface area contributed by atoms with Crippen molar-refractivity contribution in [2.75, 3.05) is 40.3 Å². The molecular formula is C17H32N4O. The minimum atomic E-state index is 0.198. The van der Waals surface area contributed by atoms with Gasteiger partial charge in [-0.25, -0.2) is 0 Å². The van der Waals surface area contributed by atoms with E-state index in [1.54, 1.807) is 0 Å². The van der Waals surface area contributed by atoms with E-state index in [-0.39, 0.29) is 5.41 Å². The van der Waals surface area contributed by atoms with Crippen LogP contribution in [0, 0.1) is 17.3 Å². The molecule has 3 fully saturated rings. The summed E-state index contributed by atoms with van der Waals surface area (Å²) in [4.78, 5) is 6.87. The van der Waals surface area contributed by atoms with E-state index in [9.17, 15) is 0 Å². The molecule has 1 aliphatic carbocycles. The molecule has 0 amide bonds. The second-order valence-corrected chi connectivity index (χ2v) is 7.91. The SMILES string of the molecule is CN=C(NCC1CCCN(C)C1)NC1C2CCOC2C1(C)C. The molecule has 0 bridgehead atoms. The summed E-state index contributed by atoms with van der Waals surface area (Å²) < 4.78 is 5.87. The van der Waals surface area contributed by atoms with Gasteiger partial charge in [0, 0.05) is 44.1 Å². The van der Waals surface area contributed by atoms with Crippen molar-refractivity contribution in [3.63, 3.8) is 0 Å². The Morgan fingerprint density at radius 3 is 2.91 bits per heavy atom. The van der Waals surface area contributed by atoms with Crippen LogP contribution in [0.2, 0.25) is 0 Å². The molecule has 3 rings (SSSR count). The molecule has 126 valence electrons. The summed E-state index contributed by atoms with van der Waals surface area (Å²) in [5.74, 6) is 2.33. The third kappa shape index (κ3) is 2.98. The molecule has 0 aromatic carbocycles. The first-order valence-electron chi connectivity index (χ1n) is 8.79. The summed E-state index contributed by atoms with van der Waals surface area (Å²) in [5.41, 5.74) is 0.198. The third-order valence-electron chi connectivity index (χ3n) is 5.90. The zero-order valence-corrected chi connectivity index (χ0v) is 14.6. The number of hydrogen-bond acceptors (Lipinski definition) is 3. The number of aliphatic imine (C=N–C) groups is 1. The maximum Gasteiger partial charge on any atom is 0.191 e. The van der Waals surface area contributed by atoms with E-state index in [1.165, 1.54) is 32.4 Å². The topological polar surface area (TPSA) is 48.9 Å². The lowest BCUT2D eigenvalue weighted by molar-refractivity contribution is -0.106. The largest absolute Gasteiger partial charge is 0.377 e. The number of hydrogen-bond donors (Lipinski definition) is 2. The molecule has 2 N–H and O–H groups in total. The molecule has 22 heavy (non-hydrogen) atoms. The van der Waals surface area contributed by atoms with E-state index < -0.39 is 0 Å². The molecule has 2 saturated heterocycles. The quantitative estimate of drug-likeness (QED) is 0.610. The van der Waals surface area contributed by atoms with Crippen LogP contribution in [0.1, 0.15) is 33.1 Å². The van der Waals surface area contributed by atoms with Crippen LogP contribution in [0.5, 0.6) is 0 Å². The number of nitrogens with one attached hydrogen (secondary N) is 2. The molecule has 5 heteroatoms. The van der Waals surface area contributed by atoms with Crippen LogP contribution >= 0.6 is 0 Å². The fourth-order valence-electron chi connectivity index (χ4n) is 4.64. The van der Waals surface area contributed by atoms with Crippen molar-refractivity contribution < 1.29 is 4.74 Å². The van der Waals surface area contributed by atoms with E-state index in [0.717, 1.165) is 25.0 Å². The molecule has 2 heterocycles. The standard InChI is InChI=1S/C17H32N4O/c1-17(2)14(13-7-9-22-15(13)17)20-16(18-3)19-10-12-6-5-8-21(4)11-12/h12-15H,5-11H2,1-4H3,(H2,18,19,20). The minimum Gasteiger partial charge on any atom is -0.377 e. The van der Waals surface area contributed by atoms with Crippen molar-refractivity contribution >= 4 is 5.96 Å². The maximum atomic E-state index is 5.87. The Kier molecular flexibility index (Phi) is 4.64. The Labute approximate surface area is 134 Å². The van der Waals surface area contributed by atoms with Crippen molar-refractivity contribution in [2.24, 2.45) is 22.2 Å². The molecule has 4 unspecified atom stereocenters. The van der Waals surface area contributed by atoms with Gasteiger partial charge in [0.25, 0.3) is 0 Å². The summed E-state index contributed by atoms with van der Waals surface area (Å²) in [6, 6.07) is 0.472. The van der Waals surface area contributed by atoms with Crippen LogP contribution in [-0.4, -0.2) is 63.3 Å². The van der Waals surface area contributed by atoms with E-state index >= 15 is 0 Å². The molecule has 1 saturated carbocycles. The van der Waals surface area contributed by atoms with E-state index in [1.807, 2.05) is 7.05 Å². The predicted molar refractivity (Wildman–Crippen MR) is 90.1 cm³/mol. The molecule has 0 aromatic heterocycles. The zero-order valence-electron chi connectivity index (χ0n) is 14.6. The monoisotopic (exact) mass is 308 g/mol. The van der Waals surface area contributed by atoms with Crippen LogP contribution in [0.15, 0.2) is 4.99 Å². The Bertz CT molecular complexity index is 423. The summed E-state index contributed by atoms with van der Waals surface area (Å²) >= 11 is 0. The highest BCUT2D eigenvalue weighted by atomic mass is 16.5. The van der Waals surface area contributed by atoms with Gasteiger partial charge in [-0.3, -0.25) is 4.99 Å². The number of fused-ring (bicyclic) bond motifs is 1. The maximum absolute atomic E-state index is 5.87. The average molecular weight is 308 g/mol. The number of guanidine groups is 1. The van der Waals surface area contributed by atoms with Gasteiger partial charge in [-0.15, -0.1) is 0 Å². The van der Waals surface area contributed by atoms with Crippen LogP contribution in [0.25, 0.3) is 0 Å². The first kappa shape index (κ1) is 16.1. The Balaban J connectivity index is 1.50. The van der Waals surface area contributed by atoms with Crippen LogP contribution in [0.4, 0.5) is 0 Å². The van der Waals surface area contributed by atoms with E-state index in [2.05, 4.69) is 41.4 Å². The first-order valence-corrected chi connectivity index (χ1v) is 8.79. The van der Waals surface area contributed by atoms with Gasteiger partial charge in [0.15, 0.2) is 5.96 Å². The predicted octanol–water partition coefficient (Wildman–Crippen LogP) is 1.31. The number of piperidine rings is 1. The van der Waals surface area contributed by atoms with Gasteiger partial charge in [-0.1, -0.05) is 13.8 Å². The second-order valence-electron chi connectivity index (χ2n) is 7.91. The highest BCUT2D eigenvalue weighted by Gasteiger charge is 2.59. The van der Waals surface area contributed by atoms with Crippen LogP contribution < -0.4 is 10.6 Å². The number of ether oxygens (including phenoxy) is 1. The number of nitrogens with zero attached hydrogens (tertiary/aromatic N) is 2. The molecule has 0 aromatic rings. The fraction of sp³-hybridized carbons (Fsp3) is 0.941. The minimum absolute atomic E-state index is 0.198. The molecular weight excluding hydrogens is 276 g/mol. The number of rotatable bonds is 3. The van der Waals surface area contributed by atoms with Crippen LogP contribution in [-0.2, 0) is 4.74 Å².